The van der Waals surface area contributed by atoms with E-state index >= 15 is 0 Å². The quantitative estimate of drug-likeness (QED) is 0.513. The predicted molar refractivity (Wildman–Crippen MR) is 122 cm³/mol. The number of nitrogens with one attached hydrogen (secondary N) is 2. The third-order valence-electron chi connectivity index (χ3n) is 4.52. The Morgan fingerprint density at radius 3 is 2.27 bits per heavy atom. The van der Waals surface area contributed by atoms with Gasteiger partial charge in [0.2, 0.25) is 0 Å². The van der Waals surface area contributed by atoms with Crippen LogP contribution in [0.1, 0.15) is 27.0 Å². The molecular formula is C24H23BrN2O3. The van der Waals surface area contributed by atoms with Crippen molar-refractivity contribution in [1.29, 1.82) is 0 Å². The molecule has 0 aliphatic rings. The van der Waals surface area contributed by atoms with Gasteiger partial charge in [-0.15, -0.1) is 0 Å². The van der Waals surface area contributed by atoms with Crippen LogP contribution < -0.4 is 15.4 Å². The molecular weight excluding hydrogens is 444 g/mol. The maximum Gasteiger partial charge on any atom is 0.262 e. The van der Waals surface area contributed by atoms with Crippen molar-refractivity contribution >= 4 is 33.4 Å². The second-order valence-electron chi connectivity index (χ2n) is 6.92. The Labute approximate surface area is 184 Å². The molecule has 3 aromatic carbocycles. The van der Waals surface area contributed by atoms with Crippen LogP contribution in [0.4, 0.5) is 5.69 Å². The molecule has 0 fully saturated rings. The molecule has 0 radical (unpaired) electrons. The molecule has 30 heavy (non-hydrogen) atoms. The maximum absolute atomic E-state index is 12.6. The van der Waals surface area contributed by atoms with Crippen LogP contribution in [0.2, 0.25) is 0 Å². The molecule has 0 saturated heterocycles. The Kier molecular flexibility index (Phi) is 7.25. The van der Waals surface area contributed by atoms with Crippen LogP contribution in [0.3, 0.4) is 0 Å². The molecule has 0 unspecified atom stereocenters. The summed E-state index contributed by atoms with van der Waals surface area (Å²) >= 11 is 3.51. The number of hydrogen-bond donors (Lipinski definition) is 2. The van der Waals surface area contributed by atoms with Crippen LogP contribution in [0.25, 0.3) is 0 Å². The molecule has 0 saturated carbocycles. The highest BCUT2D eigenvalue weighted by Crippen LogP contribution is 2.26. The Balaban J connectivity index is 1.61. The van der Waals surface area contributed by atoms with Gasteiger partial charge in [0, 0.05) is 11.0 Å². The van der Waals surface area contributed by atoms with Gasteiger partial charge in [-0.1, -0.05) is 58.4 Å². The molecule has 154 valence electrons. The number of carbonyl (C=O) groups is 2. The van der Waals surface area contributed by atoms with Gasteiger partial charge in [0.25, 0.3) is 11.8 Å². The Morgan fingerprint density at radius 2 is 1.57 bits per heavy atom. The van der Waals surface area contributed by atoms with Crippen molar-refractivity contribution in [2.75, 3.05) is 11.9 Å². The first-order valence-corrected chi connectivity index (χ1v) is 10.3. The van der Waals surface area contributed by atoms with Crippen LogP contribution >= 0.6 is 15.9 Å². The number of hydrogen-bond acceptors (Lipinski definition) is 3. The summed E-state index contributed by atoms with van der Waals surface area (Å²) in [6.07, 6.45) is 0. The van der Waals surface area contributed by atoms with Crippen LogP contribution in [0.5, 0.6) is 5.75 Å². The second-order valence-corrected chi connectivity index (χ2v) is 7.71. The van der Waals surface area contributed by atoms with Crippen LogP contribution in [0.15, 0.2) is 71.2 Å². The zero-order valence-electron chi connectivity index (χ0n) is 16.9. The minimum absolute atomic E-state index is 0.152. The highest BCUT2D eigenvalue weighted by Gasteiger charge is 2.13. The van der Waals surface area contributed by atoms with Gasteiger partial charge in [0.05, 0.1) is 11.3 Å². The Bertz CT molecular complexity index is 1030. The van der Waals surface area contributed by atoms with E-state index in [1.54, 1.807) is 24.3 Å². The summed E-state index contributed by atoms with van der Waals surface area (Å²) in [6, 6.07) is 20.3. The summed E-state index contributed by atoms with van der Waals surface area (Å²) in [7, 11) is 0. The van der Waals surface area contributed by atoms with Crippen molar-refractivity contribution in [3.63, 3.8) is 0 Å². The third-order valence-corrected chi connectivity index (χ3v) is 5.77. The first-order valence-electron chi connectivity index (χ1n) is 9.54. The standard InChI is InChI=1S/C24H23BrN2O3/c1-16-12-19(13-17(2)23(16)25)30-15-22(28)27-21-11-7-6-10-20(21)24(29)26-14-18-8-4-3-5-9-18/h3-13H,14-15H2,1-2H3,(H,26,29)(H,27,28). The Hall–Kier alpha value is -3.12. The lowest BCUT2D eigenvalue weighted by Crippen LogP contribution is -2.26. The summed E-state index contributed by atoms with van der Waals surface area (Å²) in [5, 5.41) is 5.64. The summed E-state index contributed by atoms with van der Waals surface area (Å²) in [5.41, 5.74) is 3.91. The normalized spacial score (nSPS) is 10.4. The van der Waals surface area contributed by atoms with Gasteiger partial charge in [-0.25, -0.2) is 0 Å². The summed E-state index contributed by atoms with van der Waals surface area (Å²) in [6.45, 7) is 4.19. The van der Waals surface area contributed by atoms with E-state index in [1.165, 1.54) is 0 Å². The van der Waals surface area contributed by atoms with Gasteiger partial charge in [0.15, 0.2) is 6.61 Å². The van der Waals surface area contributed by atoms with E-state index in [9.17, 15) is 9.59 Å². The number of ether oxygens (including phenoxy) is 1. The fraction of sp³-hybridized carbons (Fsp3) is 0.167. The third kappa shape index (κ3) is 5.70. The van der Waals surface area contributed by atoms with Crippen molar-refractivity contribution in [3.05, 3.63) is 93.5 Å². The molecule has 6 heteroatoms. The molecule has 0 heterocycles. The molecule has 0 aliphatic carbocycles. The van der Waals surface area contributed by atoms with Crippen molar-refractivity contribution in [2.45, 2.75) is 20.4 Å². The number of benzene rings is 3. The molecule has 3 rings (SSSR count). The number of para-hydroxylation sites is 1. The summed E-state index contributed by atoms with van der Waals surface area (Å²) in [5.74, 6) is 0.0311. The largest absolute Gasteiger partial charge is 0.484 e. The molecule has 0 aromatic heterocycles. The first kappa shape index (κ1) is 21.6. The lowest BCUT2D eigenvalue weighted by Gasteiger charge is -2.13. The minimum atomic E-state index is -0.337. The van der Waals surface area contributed by atoms with E-state index in [2.05, 4.69) is 26.6 Å². The summed E-state index contributed by atoms with van der Waals surface area (Å²) in [4.78, 5) is 25.0. The van der Waals surface area contributed by atoms with Crippen LogP contribution in [-0.2, 0) is 11.3 Å². The number of anilines is 1. The van der Waals surface area contributed by atoms with Crippen molar-refractivity contribution in [1.82, 2.24) is 5.32 Å². The van der Waals surface area contributed by atoms with Gasteiger partial charge in [-0.3, -0.25) is 9.59 Å². The van der Waals surface area contributed by atoms with E-state index in [0.29, 0.717) is 23.5 Å². The lowest BCUT2D eigenvalue weighted by molar-refractivity contribution is -0.118. The molecule has 0 aliphatic heterocycles. The smallest absolute Gasteiger partial charge is 0.262 e. The maximum atomic E-state index is 12.6. The Morgan fingerprint density at radius 1 is 0.933 bits per heavy atom. The molecule has 5 nitrogen and oxygen atoms in total. The van der Waals surface area contributed by atoms with Crippen molar-refractivity contribution in [2.24, 2.45) is 0 Å². The van der Waals surface area contributed by atoms with Gasteiger partial charge in [-0.2, -0.15) is 0 Å². The average molecular weight is 467 g/mol. The predicted octanol–water partition coefficient (Wildman–Crippen LogP) is 5.01. The lowest BCUT2D eigenvalue weighted by atomic mass is 10.1. The number of carbonyl (C=O) groups excluding carboxylic acids is 2. The minimum Gasteiger partial charge on any atom is -0.484 e. The SMILES string of the molecule is Cc1cc(OCC(=O)Nc2ccccc2C(=O)NCc2ccccc2)cc(C)c1Br. The second kappa shape index (κ2) is 10.1. The average Bonchev–Trinajstić information content (AvgIpc) is 2.75. The van der Waals surface area contributed by atoms with Gasteiger partial charge >= 0.3 is 0 Å². The number of halogens is 1. The van der Waals surface area contributed by atoms with Crippen molar-refractivity contribution in [3.8, 4) is 5.75 Å². The van der Waals surface area contributed by atoms with Crippen LogP contribution in [0, 0.1) is 13.8 Å². The molecule has 0 spiro atoms. The van der Waals surface area contributed by atoms with E-state index in [-0.39, 0.29) is 18.4 Å². The molecule has 3 aromatic rings. The fourth-order valence-corrected chi connectivity index (χ4v) is 3.22. The van der Waals surface area contributed by atoms with Gasteiger partial charge < -0.3 is 15.4 Å². The summed E-state index contributed by atoms with van der Waals surface area (Å²) < 4.78 is 6.65. The van der Waals surface area contributed by atoms with Crippen LogP contribution in [-0.4, -0.2) is 18.4 Å². The van der Waals surface area contributed by atoms with E-state index in [0.717, 1.165) is 21.2 Å². The zero-order valence-corrected chi connectivity index (χ0v) is 18.5. The van der Waals surface area contributed by atoms with E-state index in [4.69, 9.17) is 4.74 Å². The molecule has 2 amide bonds. The zero-order chi connectivity index (χ0) is 21.5. The molecule has 2 N–H and O–H groups in total. The monoisotopic (exact) mass is 466 g/mol. The molecule has 0 atom stereocenters. The number of rotatable bonds is 7. The van der Waals surface area contributed by atoms with Gasteiger partial charge in [-0.05, 0) is 54.8 Å². The highest BCUT2D eigenvalue weighted by atomic mass is 79.9. The van der Waals surface area contributed by atoms with Gasteiger partial charge in [0.1, 0.15) is 5.75 Å². The highest BCUT2D eigenvalue weighted by molar-refractivity contribution is 9.10. The van der Waals surface area contributed by atoms with E-state index < -0.39 is 0 Å². The fourth-order valence-electron chi connectivity index (χ4n) is 2.99. The van der Waals surface area contributed by atoms with E-state index in [1.807, 2.05) is 56.3 Å². The molecule has 0 bridgehead atoms. The first-order chi connectivity index (χ1) is 14.4. The topological polar surface area (TPSA) is 67.4 Å². The number of amides is 2. The number of aryl methyl sites for hydroxylation is 2. The van der Waals surface area contributed by atoms with Crippen molar-refractivity contribution < 1.29 is 14.3 Å².